The second kappa shape index (κ2) is 11.8. The molecular formula is C19H32Cl2N2O4. The SMILES string of the molecule is COc1ccc([C@@H](C2CCOCC2)N2CCNCC2)c(OC)c1OC.Cl.Cl. The topological polar surface area (TPSA) is 52.2 Å². The first-order valence-electron chi connectivity index (χ1n) is 9.11. The molecule has 0 aromatic heterocycles. The van der Waals surface area contributed by atoms with E-state index in [1.54, 1.807) is 21.3 Å². The van der Waals surface area contributed by atoms with E-state index < -0.39 is 0 Å². The van der Waals surface area contributed by atoms with Crippen molar-refractivity contribution in [2.24, 2.45) is 5.92 Å². The smallest absolute Gasteiger partial charge is 0.203 e. The van der Waals surface area contributed by atoms with Gasteiger partial charge in [-0.1, -0.05) is 0 Å². The highest BCUT2D eigenvalue weighted by Gasteiger charge is 2.34. The van der Waals surface area contributed by atoms with Crippen LogP contribution in [0.4, 0.5) is 0 Å². The zero-order chi connectivity index (χ0) is 17.6. The fourth-order valence-corrected chi connectivity index (χ4v) is 4.10. The Bertz CT molecular complexity index is 547. The van der Waals surface area contributed by atoms with Gasteiger partial charge in [-0.05, 0) is 30.9 Å². The Morgan fingerprint density at radius 3 is 2.15 bits per heavy atom. The molecule has 0 spiro atoms. The van der Waals surface area contributed by atoms with Crippen molar-refractivity contribution in [3.05, 3.63) is 17.7 Å². The number of hydrogen-bond donors (Lipinski definition) is 1. The number of rotatable bonds is 6. The molecular weight excluding hydrogens is 391 g/mol. The average molecular weight is 423 g/mol. The van der Waals surface area contributed by atoms with Gasteiger partial charge in [0.25, 0.3) is 0 Å². The van der Waals surface area contributed by atoms with Gasteiger partial charge in [-0.3, -0.25) is 4.90 Å². The highest BCUT2D eigenvalue weighted by atomic mass is 35.5. The van der Waals surface area contributed by atoms with Crippen LogP contribution in [-0.2, 0) is 4.74 Å². The molecule has 0 bridgehead atoms. The zero-order valence-electron chi connectivity index (χ0n) is 16.4. The van der Waals surface area contributed by atoms with Gasteiger partial charge >= 0.3 is 0 Å². The lowest BCUT2D eigenvalue weighted by Gasteiger charge is -2.41. The van der Waals surface area contributed by atoms with Crippen LogP contribution in [0, 0.1) is 5.92 Å². The maximum Gasteiger partial charge on any atom is 0.203 e. The van der Waals surface area contributed by atoms with Crippen molar-refractivity contribution in [2.75, 3.05) is 60.7 Å². The van der Waals surface area contributed by atoms with Crippen LogP contribution in [-0.4, -0.2) is 65.6 Å². The summed E-state index contributed by atoms with van der Waals surface area (Å²) in [5.74, 6) is 2.72. The van der Waals surface area contributed by atoms with Gasteiger partial charge in [0, 0.05) is 51.0 Å². The molecule has 0 aliphatic carbocycles. The average Bonchev–Trinajstić information content (AvgIpc) is 2.69. The van der Waals surface area contributed by atoms with Gasteiger partial charge in [0.05, 0.1) is 21.3 Å². The van der Waals surface area contributed by atoms with Crippen molar-refractivity contribution in [1.82, 2.24) is 10.2 Å². The van der Waals surface area contributed by atoms with Crippen molar-refractivity contribution in [2.45, 2.75) is 18.9 Å². The minimum atomic E-state index is 0. The lowest BCUT2D eigenvalue weighted by molar-refractivity contribution is 0.0205. The molecule has 0 unspecified atom stereocenters. The minimum absolute atomic E-state index is 0. The Morgan fingerprint density at radius 1 is 0.963 bits per heavy atom. The van der Waals surface area contributed by atoms with Crippen LogP contribution >= 0.6 is 24.8 Å². The molecule has 2 heterocycles. The number of nitrogens with zero attached hydrogens (tertiary/aromatic N) is 1. The Hall–Kier alpha value is -0.920. The molecule has 1 atom stereocenters. The third kappa shape index (κ3) is 5.33. The lowest BCUT2D eigenvalue weighted by Crippen LogP contribution is -2.47. The monoisotopic (exact) mass is 422 g/mol. The van der Waals surface area contributed by atoms with Crippen molar-refractivity contribution in [1.29, 1.82) is 0 Å². The number of ether oxygens (including phenoxy) is 4. The fraction of sp³-hybridized carbons (Fsp3) is 0.684. The van der Waals surface area contributed by atoms with E-state index in [9.17, 15) is 0 Å². The van der Waals surface area contributed by atoms with Crippen LogP contribution in [0.1, 0.15) is 24.4 Å². The molecule has 2 aliphatic rings. The van der Waals surface area contributed by atoms with Crippen LogP contribution < -0.4 is 19.5 Å². The summed E-state index contributed by atoms with van der Waals surface area (Å²) >= 11 is 0. The van der Waals surface area contributed by atoms with E-state index >= 15 is 0 Å². The minimum Gasteiger partial charge on any atom is -0.493 e. The molecule has 2 saturated heterocycles. The molecule has 2 fully saturated rings. The third-order valence-electron chi connectivity index (χ3n) is 5.31. The molecule has 1 aromatic carbocycles. The van der Waals surface area contributed by atoms with Crippen molar-refractivity contribution < 1.29 is 18.9 Å². The normalized spacial score (nSPS) is 19.4. The first-order chi connectivity index (χ1) is 12.3. The van der Waals surface area contributed by atoms with E-state index in [4.69, 9.17) is 18.9 Å². The number of benzene rings is 1. The number of nitrogens with one attached hydrogen (secondary N) is 1. The van der Waals surface area contributed by atoms with Gasteiger partial charge in [0.1, 0.15) is 0 Å². The van der Waals surface area contributed by atoms with Crippen LogP contribution in [0.25, 0.3) is 0 Å². The second-order valence-electron chi connectivity index (χ2n) is 6.60. The maximum absolute atomic E-state index is 5.79. The summed E-state index contributed by atoms with van der Waals surface area (Å²) in [5, 5.41) is 3.45. The molecule has 27 heavy (non-hydrogen) atoms. The molecule has 1 aromatic rings. The van der Waals surface area contributed by atoms with Crippen LogP contribution in [0.2, 0.25) is 0 Å². The highest BCUT2D eigenvalue weighted by molar-refractivity contribution is 5.85. The number of hydrogen-bond acceptors (Lipinski definition) is 6. The van der Waals surface area contributed by atoms with Crippen molar-refractivity contribution in [3.63, 3.8) is 0 Å². The molecule has 2 aliphatic heterocycles. The summed E-state index contributed by atoms with van der Waals surface area (Å²) in [4.78, 5) is 2.58. The van der Waals surface area contributed by atoms with Gasteiger partial charge in [-0.15, -0.1) is 24.8 Å². The highest BCUT2D eigenvalue weighted by Crippen LogP contribution is 2.46. The summed E-state index contributed by atoms with van der Waals surface area (Å²) in [5.41, 5.74) is 1.19. The van der Waals surface area contributed by atoms with E-state index in [1.807, 2.05) is 6.07 Å². The quantitative estimate of drug-likeness (QED) is 0.760. The molecule has 0 radical (unpaired) electrons. The summed E-state index contributed by atoms with van der Waals surface area (Å²) in [6.45, 7) is 5.80. The predicted molar refractivity (Wildman–Crippen MR) is 111 cm³/mol. The summed E-state index contributed by atoms with van der Waals surface area (Å²) in [6.07, 6.45) is 2.15. The number of halogens is 2. The van der Waals surface area contributed by atoms with Crippen molar-refractivity contribution >= 4 is 24.8 Å². The van der Waals surface area contributed by atoms with Crippen LogP contribution in [0.5, 0.6) is 17.2 Å². The molecule has 0 amide bonds. The number of piperazine rings is 1. The first kappa shape index (κ1) is 24.1. The van der Waals surface area contributed by atoms with E-state index in [0.29, 0.717) is 23.5 Å². The molecule has 3 rings (SSSR count). The molecule has 8 heteroatoms. The molecule has 6 nitrogen and oxygen atoms in total. The second-order valence-corrected chi connectivity index (χ2v) is 6.60. The van der Waals surface area contributed by atoms with E-state index in [2.05, 4.69) is 16.3 Å². The van der Waals surface area contributed by atoms with E-state index in [-0.39, 0.29) is 24.8 Å². The third-order valence-corrected chi connectivity index (χ3v) is 5.31. The predicted octanol–water partition coefficient (Wildman–Crippen LogP) is 2.93. The Labute approximate surface area is 174 Å². The van der Waals surface area contributed by atoms with Gasteiger partial charge in [0.2, 0.25) is 5.75 Å². The summed E-state index contributed by atoms with van der Waals surface area (Å²) in [7, 11) is 5.03. The molecule has 1 N–H and O–H groups in total. The summed E-state index contributed by atoms with van der Waals surface area (Å²) in [6, 6.07) is 4.44. The number of methoxy groups -OCH3 is 3. The Balaban J connectivity index is 0.00000182. The van der Waals surface area contributed by atoms with Crippen LogP contribution in [0.3, 0.4) is 0 Å². The summed E-state index contributed by atoms with van der Waals surface area (Å²) < 4.78 is 22.5. The molecule has 0 saturated carbocycles. The standard InChI is InChI=1S/C19H30N2O4.2ClH/c1-22-16-5-4-15(18(23-2)19(16)24-3)17(14-6-12-25-13-7-14)21-10-8-20-9-11-21;;/h4-5,14,17,20H,6-13H2,1-3H3;2*1H/t17-;;/m1../s1. The largest absolute Gasteiger partial charge is 0.493 e. The van der Waals surface area contributed by atoms with E-state index in [0.717, 1.165) is 58.0 Å². The first-order valence-corrected chi connectivity index (χ1v) is 9.11. The zero-order valence-corrected chi connectivity index (χ0v) is 18.0. The Kier molecular flexibility index (Phi) is 10.6. The van der Waals surface area contributed by atoms with Gasteiger partial charge in [0.15, 0.2) is 11.5 Å². The van der Waals surface area contributed by atoms with Gasteiger partial charge in [-0.25, -0.2) is 0 Å². The molecule has 156 valence electrons. The van der Waals surface area contributed by atoms with Crippen molar-refractivity contribution in [3.8, 4) is 17.2 Å². The van der Waals surface area contributed by atoms with E-state index in [1.165, 1.54) is 5.56 Å². The van der Waals surface area contributed by atoms with Crippen LogP contribution in [0.15, 0.2) is 12.1 Å². The van der Waals surface area contributed by atoms with Gasteiger partial charge < -0.3 is 24.3 Å². The lowest BCUT2D eigenvalue weighted by atomic mass is 9.85. The fourth-order valence-electron chi connectivity index (χ4n) is 4.10. The maximum atomic E-state index is 5.79. The van der Waals surface area contributed by atoms with Gasteiger partial charge in [-0.2, -0.15) is 0 Å². The Morgan fingerprint density at radius 2 is 1.59 bits per heavy atom.